The van der Waals surface area contributed by atoms with Gasteiger partial charge in [-0.25, -0.2) is 0 Å². The number of fused-ring (bicyclic) bond motifs is 1. The summed E-state index contributed by atoms with van der Waals surface area (Å²) in [4.78, 5) is 13.0. The fourth-order valence-corrected chi connectivity index (χ4v) is 3.45. The summed E-state index contributed by atoms with van der Waals surface area (Å²) in [5.74, 6) is 0.610. The van der Waals surface area contributed by atoms with Crippen LogP contribution in [0.3, 0.4) is 0 Å². The molecule has 1 N–H and O–H groups in total. The fourth-order valence-electron chi connectivity index (χ4n) is 2.12. The normalized spacial score (nSPS) is 12.8. The molecular formula is C17H14BrNO2S. The average Bonchev–Trinajstić information content (AvgIpc) is 3.11. The van der Waals surface area contributed by atoms with Crippen molar-refractivity contribution in [3.8, 4) is 0 Å². The van der Waals surface area contributed by atoms with Crippen molar-refractivity contribution in [3.63, 3.8) is 0 Å². The Morgan fingerprint density at radius 3 is 2.86 bits per heavy atom. The summed E-state index contributed by atoms with van der Waals surface area (Å²) in [6.07, 6.45) is 3.34. The minimum Gasteiger partial charge on any atom is -0.459 e. The van der Waals surface area contributed by atoms with E-state index in [0.717, 1.165) is 25.4 Å². The third-order valence-corrected chi connectivity index (χ3v) is 4.81. The molecule has 0 saturated heterocycles. The molecule has 0 unspecified atom stereocenters. The molecule has 0 radical (unpaired) electrons. The summed E-state index contributed by atoms with van der Waals surface area (Å²) in [5.41, 5.74) is 0.831. The van der Waals surface area contributed by atoms with Gasteiger partial charge in [0.25, 0.3) is 0 Å². The van der Waals surface area contributed by atoms with E-state index in [-0.39, 0.29) is 11.9 Å². The number of carbonyl (C=O) groups is 1. The molecule has 0 aliphatic rings. The van der Waals surface area contributed by atoms with E-state index in [1.54, 1.807) is 17.4 Å². The Morgan fingerprint density at radius 1 is 1.32 bits per heavy atom. The summed E-state index contributed by atoms with van der Waals surface area (Å²) >= 11 is 4.98. The van der Waals surface area contributed by atoms with Gasteiger partial charge in [0.2, 0.25) is 5.91 Å². The van der Waals surface area contributed by atoms with E-state index < -0.39 is 0 Å². The van der Waals surface area contributed by atoms with E-state index in [1.807, 2.05) is 49.4 Å². The average molecular weight is 376 g/mol. The molecule has 2 aromatic heterocycles. The molecule has 1 aromatic carbocycles. The fraction of sp³-hybridized carbons (Fsp3) is 0.118. The second kappa shape index (κ2) is 6.50. The smallest absolute Gasteiger partial charge is 0.244 e. The van der Waals surface area contributed by atoms with Gasteiger partial charge >= 0.3 is 0 Å². The number of hydrogen-bond acceptors (Lipinski definition) is 3. The Hall–Kier alpha value is -1.85. The first-order valence-corrected chi connectivity index (χ1v) is 8.45. The van der Waals surface area contributed by atoms with Crippen molar-refractivity contribution in [2.24, 2.45) is 0 Å². The van der Waals surface area contributed by atoms with E-state index >= 15 is 0 Å². The van der Waals surface area contributed by atoms with E-state index in [0.29, 0.717) is 0 Å². The van der Waals surface area contributed by atoms with Crippen LogP contribution in [0.1, 0.15) is 23.6 Å². The van der Waals surface area contributed by atoms with E-state index in [1.165, 1.54) is 6.08 Å². The van der Waals surface area contributed by atoms with Crippen molar-refractivity contribution in [2.45, 2.75) is 13.0 Å². The zero-order valence-electron chi connectivity index (χ0n) is 11.9. The topological polar surface area (TPSA) is 42.2 Å². The van der Waals surface area contributed by atoms with E-state index in [9.17, 15) is 4.79 Å². The monoisotopic (exact) mass is 375 g/mol. The Labute approximate surface area is 140 Å². The third kappa shape index (κ3) is 3.48. The van der Waals surface area contributed by atoms with Crippen LogP contribution < -0.4 is 5.32 Å². The van der Waals surface area contributed by atoms with Crippen molar-refractivity contribution < 1.29 is 9.21 Å². The predicted molar refractivity (Wildman–Crippen MR) is 93.8 cm³/mol. The standard InChI is InChI=1S/C17H14BrNO2S/c1-11(15-10-12-4-2-3-5-14(12)21-15)19-17(20)9-7-13-6-8-16(18)22-13/h2-11H,1H3,(H,19,20)/b9-7+/t11-/m1/s1. The molecule has 2 heterocycles. The van der Waals surface area contributed by atoms with Gasteiger partial charge in [0.05, 0.1) is 9.83 Å². The summed E-state index contributed by atoms with van der Waals surface area (Å²) in [6, 6.07) is 13.5. The number of carbonyl (C=O) groups excluding carboxylic acids is 1. The van der Waals surface area contributed by atoms with Crippen molar-refractivity contribution in [1.82, 2.24) is 5.32 Å². The van der Waals surface area contributed by atoms with Crippen LogP contribution in [-0.2, 0) is 4.79 Å². The molecule has 0 aliphatic carbocycles. The zero-order chi connectivity index (χ0) is 15.5. The Kier molecular flexibility index (Phi) is 4.45. The van der Waals surface area contributed by atoms with Crippen LogP contribution in [0.15, 0.2) is 56.7 Å². The van der Waals surface area contributed by atoms with Gasteiger partial charge in [0, 0.05) is 16.3 Å². The lowest BCUT2D eigenvalue weighted by Crippen LogP contribution is -2.24. The maximum atomic E-state index is 12.0. The van der Waals surface area contributed by atoms with Crippen LogP contribution in [0.25, 0.3) is 17.0 Å². The van der Waals surface area contributed by atoms with Gasteiger partial charge in [-0.2, -0.15) is 0 Å². The number of hydrogen-bond donors (Lipinski definition) is 1. The largest absolute Gasteiger partial charge is 0.459 e. The number of thiophene rings is 1. The minimum atomic E-state index is -0.181. The molecule has 0 bridgehead atoms. The zero-order valence-corrected chi connectivity index (χ0v) is 14.3. The van der Waals surface area contributed by atoms with Gasteiger partial charge in [-0.05, 0) is 53.2 Å². The third-order valence-electron chi connectivity index (χ3n) is 3.22. The lowest BCUT2D eigenvalue weighted by molar-refractivity contribution is -0.117. The highest BCUT2D eigenvalue weighted by Gasteiger charge is 2.12. The minimum absolute atomic E-state index is 0.141. The van der Waals surface area contributed by atoms with Crippen LogP contribution in [0.5, 0.6) is 0 Å². The molecule has 22 heavy (non-hydrogen) atoms. The van der Waals surface area contributed by atoms with Crippen LogP contribution in [0.4, 0.5) is 0 Å². The summed E-state index contributed by atoms with van der Waals surface area (Å²) in [7, 11) is 0. The van der Waals surface area contributed by atoms with Crippen LogP contribution >= 0.6 is 27.3 Å². The van der Waals surface area contributed by atoms with Gasteiger partial charge in [-0.1, -0.05) is 18.2 Å². The van der Waals surface area contributed by atoms with Crippen LogP contribution in [0.2, 0.25) is 0 Å². The van der Waals surface area contributed by atoms with Crippen molar-refractivity contribution in [1.29, 1.82) is 0 Å². The molecule has 0 aliphatic heterocycles. The summed E-state index contributed by atoms with van der Waals surface area (Å²) in [5, 5.41) is 3.95. The first kappa shape index (κ1) is 15.1. The molecule has 3 aromatic rings. The molecule has 1 atom stereocenters. The Morgan fingerprint density at radius 2 is 2.14 bits per heavy atom. The number of rotatable bonds is 4. The highest BCUT2D eigenvalue weighted by atomic mass is 79.9. The number of amides is 1. The quantitative estimate of drug-likeness (QED) is 0.640. The van der Waals surface area contributed by atoms with Gasteiger partial charge in [0.15, 0.2) is 0 Å². The SMILES string of the molecule is C[C@@H](NC(=O)/C=C/c1ccc(Br)s1)c1cc2ccccc2o1. The number of halogens is 1. The number of nitrogens with one attached hydrogen (secondary N) is 1. The molecule has 0 saturated carbocycles. The highest BCUT2D eigenvalue weighted by Crippen LogP contribution is 2.24. The number of para-hydroxylation sites is 1. The molecule has 0 spiro atoms. The highest BCUT2D eigenvalue weighted by molar-refractivity contribution is 9.11. The van der Waals surface area contributed by atoms with Crippen LogP contribution in [0, 0.1) is 0 Å². The maximum Gasteiger partial charge on any atom is 0.244 e. The van der Waals surface area contributed by atoms with Crippen LogP contribution in [-0.4, -0.2) is 5.91 Å². The number of furan rings is 1. The summed E-state index contributed by atoms with van der Waals surface area (Å²) < 4.78 is 6.80. The number of benzene rings is 1. The summed E-state index contributed by atoms with van der Waals surface area (Å²) in [6.45, 7) is 1.91. The Bertz CT molecular complexity index is 801. The van der Waals surface area contributed by atoms with Crippen molar-refractivity contribution in [3.05, 3.63) is 63.0 Å². The molecule has 0 fully saturated rings. The van der Waals surface area contributed by atoms with E-state index in [2.05, 4.69) is 21.2 Å². The van der Waals surface area contributed by atoms with Gasteiger partial charge < -0.3 is 9.73 Å². The molecule has 5 heteroatoms. The molecular weight excluding hydrogens is 362 g/mol. The maximum absolute atomic E-state index is 12.0. The molecule has 3 rings (SSSR count). The van der Waals surface area contributed by atoms with Crippen molar-refractivity contribution >= 4 is 50.2 Å². The second-order valence-corrected chi connectivity index (χ2v) is 7.39. The molecule has 3 nitrogen and oxygen atoms in total. The van der Waals surface area contributed by atoms with Gasteiger partial charge in [-0.15, -0.1) is 11.3 Å². The lowest BCUT2D eigenvalue weighted by Gasteiger charge is -2.08. The van der Waals surface area contributed by atoms with Gasteiger partial charge in [0.1, 0.15) is 11.3 Å². The van der Waals surface area contributed by atoms with E-state index in [4.69, 9.17) is 4.42 Å². The Balaban J connectivity index is 1.66. The first-order chi connectivity index (χ1) is 10.6. The predicted octanol–water partition coefficient (Wildman–Crippen LogP) is 5.15. The first-order valence-electron chi connectivity index (χ1n) is 6.84. The molecule has 112 valence electrons. The molecule has 1 amide bonds. The second-order valence-electron chi connectivity index (χ2n) is 4.89. The lowest BCUT2D eigenvalue weighted by atomic mass is 10.2. The van der Waals surface area contributed by atoms with Gasteiger partial charge in [-0.3, -0.25) is 4.79 Å². The van der Waals surface area contributed by atoms with Crippen molar-refractivity contribution in [2.75, 3.05) is 0 Å².